The van der Waals surface area contributed by atoms with Crippen molar-refractivity contribution in [2.45, 2.75) is 32.6 Å². The molecule has 1 heterocycles. The van der Waals surface area contributed by atoms with Gasteiger partial charge in [-0.05, 0) is 42.9 Å². The molecule has 2 aromatic rings. The van der Waals surface area contributed by atoms with Gasteiger partial charge in [0.05, 0.1) is 0 Å². The molecule has 18 heavy (non-hydrogen) atoms. The Morgan fingerprint density at radius 1 is 1.28 bits per heavy atom. The van der Waals surface area contributed by atoms with Crippen LogP contribution in [0.15, 0.2) is 36.2 Å². The summed E-state index contributed by atoms with van der Waals surface area (Å²) in [5.41, 5.74) is 4.69. The third-order valence-electron chi connectivity index (χ3n) is 3.56. The lowest BCUT2D eigenvalue weighted by Crippen LogP contribution is -2.12. The lowest BCUT2D eigenvalue weighted by atomic mass is 10.0. The molecule has 1 aliphatic carbocycles. The van der Waals surface area contributed by atoms with Gasteiger partial charge in [0.25, 0.3) is 5.56 Å². The van der Waals surface area contributed by atoms with Crippen molar-refractivity contribution in [1.82, 2.24) is 4.98 Å². The van der Waals surface area contributed by atoms with E-state index in [2.05, 4.69) is 43.3 Å². The van der Waals surface area contributed by atoms with Gasteiger partial charge in [-0.25, -0.2) is 0 Å². The van der Waals surface area contributed by atoms with Gasteiger partial charge >= 0.3 is 0 Å². The standard InChI is InChI=1S/C14H15NO.C2H4.H2/c1-2-9-6-7-11-10-4-3-5-12(10)14(16)15-13(11)8-9;1-2;/h6-8H,2-5H2,1H3,(H,15,16);1-2H2;1H. The minimum atomic E-state index is 0. The van der Waals surface area contributed by atoms with Gasteiger partial charge in [0.1, 0.15) is 0 Å². The molecule has 1 aromatic carbocycles. The highest BCUT2D eigenvalue weighted by molar-refractivity contribution is 5.84. The molecule has 0 amide bonds. The Hall–Kier alpha value is -1.83. The van der Waals surface area contributed by atoms with Crippen molar-refractivity contribution in [1.29, 1.82) is 0 Å². The van der Waals surface area contributed by atoms with Crippen LogP contribution in [0.2, 0.25) is 0 Å². The van der Waals surface area contributed by atoms with Gasteiger partial charge in [-0.15, -0.1) is 13.2 Å². The summed E-state index contributed by atoms with van der Waals surface area (Å²) in [4.78, 5) is 14.9. The number of nitrogens with one attached hydrogen (secondary N) is 1. The molecule has 0 atom stereocenters. The molecule has 96 valence electrons. The normalized spacial score (nSPS) is 12.9. The number of pyridine rings is 1. The van der Waals surface area contributed by atoms with E-state index in [1.807, 2.05) is 0 Å². The van der Waals surface area contributed by atoms with E-state index in [4.69, 9.17) is 0 Å². The number of fused-ring (bicyclic) bond motifs is 3. The van der Waals surface area contributed by atoms with E-state index in [0.717, 1.165) is 36.8 Å². The molecule has 0 aliphatic heterocycles. The Morgan fingerprint density at radius 2 is 2.00 bits per heavy atom. The first-order valence-electron chi connectivity index (χ1n) is 6.46. The first-order chi connectivity index (χ1) is 8.79. The minimum Gasteiger partial charge on any atom is -0.322 e. The number of rotatable bonds is 1. The molecule has 1 aliphatic rings. The molecule has 2 heteroatoms. The summed E-state index contributed by atoms with van der Waals surface area (Å²) in [6.07, 6.45) is 4.12. The monoisotopic (exact) mass is 243 g/mol. The maximum Gasteiger partial charge on any atom is 0.251 e. The minimum absolute atomic E-state index is 0. The second-order valence-electron chi connectivity index (χ2n) is 4.50. The van der Waals surface area contributed by atoms with Crippen LogP contribution in [0.5, 0.6) is 0 Å². The van der Waals surface area contributed by atoms with Crippen LogP contribution in [0.25, 0.3) is 10.9 Å². The molecule has 2 nitrogen and oxygen atoms in total. The number of benzene rings is 1. The van der Waals surface area contributed by atoms with E-state index >= 15 is 0 Å². The van der Waals surface area contributed by atoms with Gasteiger partial charge in [0.2, 0.25) is 0 Å². The van der Waals surface area contributed by atoms with Crippen LogP contribution in [0.4, 0.5) is 0 Å². The molecular formula is C16H21NO. The average molecular weight is 243 g/mol. The Balaban J connectivity index is 0.000000576. The molecule has 0 saturated carbocycles. The summed E-state index contributed by atoms with van der Waals surface area (Å²) in [6.45, 7) is 8.13. The predicted molar refractivity (Wildman–Crippen MR) is 79.3 cm³/mol. The smallest absolute Gasteiger partial charge is 0.251 e. The highest BCUT2D eigenvalue weighted by Crippen LogP contribution is 2.26. The van der Waals surface area contributed by atoms with Crippen molar-refractivity contribution >= 4 is 10.9 Å². The predicted octanol–water partition coefficient (Wildman–Crippen LogP) is 3.63. The Bertz CT molecular complexity index is 630. The summed E-state index contributed by atoms with van der Waals surface area (Å²) in [6, 6.07) is 6.43. The second kappa shape index (κ2) is 5.21. The second-order valence-corrected chi connectivity index (χ2v) is 4.50. The Morgan fingerprint density at radius 3 is 2.72 bits per heavy atom. The molecule has 1 aromatic heterocycles. The van der Waals surface area contributed by atoms with Crippen molar-refractivity contribution < 1.29 is 1.43 Å². The molecule has 0 spiro atoms. The highest BCUT2D eigenvalue weighted by atomic mass is 16.1. The molecule has 0 saturated heterocycles. The zero-order valence-corrected chi connectivity index (χ0v) is 10.9. The molecular weight excluding hydrogens is 222 g/mol. The average Bonchev–Trinajstić information content (AvgIpc) is 2.90. The van der Waals surface area contributed by atoms with E-state index in [-0.39, 0.29) is 6.99 Å². The van der Waals surface area contributed by atoms with Crippen LogP contribution in [0.1, 0.15) is 31.5 Å². The molecule has 0 fully saturated rings. The number of H-pyrrole nitrogens is 1. The van der Waals surface area contributed by atoms with Crippen molar-refractivity contribution in [3.05, 3.63) is 58.4 Å². The fraction of sp³-hybridized carbons (Fsp3) is 0.312. The molecule has 0 radical (unpaired) electrons. The summed E-state index contributed by atoms with van der Waals surface area (Å²) < 4.78 is 0. The van der Waals surface area contributed by atoms with E-state index in [1.54, 1.807) is 0 Å². The zero-order valence-electron chi connectivity index (χ0n) is 10.9. The lowest BCUT2D eigenvalue weighted by molar-refractivity contribution is 0.909. The van der Waals surface area contributed by atoms with Gasteiger partial charge in [0.15, 0.2) is 0 Å². The summed E-state index contributed by atoms with van der Waals surface area (Å²) in [5, 5.41) is 1.24. The number of hydrogen-bond acceptors (Lipinski definition) is 1. The number of aryl methyl sites for hydroxylation is 2. The first kappa shape index (κ1) is 12.6. The van der Waals surface area contributed by atoms with Crippen LogP contribution < -0.4 is 5.56 Å². The third kappa shape index (κ3) is 1.99. The van der Waals surface area contributed by atoms with Crippen molar-refractivity contribution in [2.75, 3.05) is 0 Å². The number of aromatic nitrogens is 1. The highest BCUT2D eigenvalue weighted by Gasteiger charge is 2.17. The van der Waals surface area contributed by atoms with Crippen LogP contribution >= 0.6 is 0 Å². The van der Waals surface area contributed by atoms with Crippen molar-refractivity contribution in [2.24, 2.45) is 0 Å². The molecule has 0 bridgehead atoms. The van der Waals surface area contributed by atoms with Gasteiger partial charge < -0.3 is 4.98 Å². The maximum absolute atomic E-state index is 11.9. The molecule has 3 rings (SSSR count). The fourth-order valence-electron chi connectivity index (χ4n) is 2.67. The third-order valence-corrected chi connectivity index (χ3v) is 3.56. The first-order valence-corrected chi connectivity index (χ1v) is 6.46. The van der Waals surface area contributed by atoms with E-state index < -0.39 is 0 Å². The summed E-state index contributed by atoms with van der Waals surface area (Å²) in [5.74, 6) is 0. The van der Waals surface area contributed by atoms with Gasteiger partial charge in [-0.1, -0.05) is 19.1 Å². The Labute approximate surface area is 109 Å². The zero-order chi connectivity index (χ0) is 13.1. The SMILES string of the molecule is C=C.CCc1ccc2c3c(c(=O)[nH]c2c1)CCC3.[HH]. The van der Waals surface area contributed by atoms with Crippen LogP contribution in [-0.4, -0.2) is 4.98 Å². The maximum atomic E-state index is 11.9. The summed E-state index contributed by atoms with van der Waals surface area (Å²) in [7, 11) is 0. The topological polar surface area (TPSA) is 32.9 Å². The van der Waals surface area contributed by atoms with Gasteiger partial charge in [-0.2, -0.15) is 0 Å². The van der Waals surface area contributed by atoms with Crippen LogP contribution in [-0.2, 0) is 19.3 Å². The largest absolute Gasteiger partial charge is 0.322 e. The molecule has 1 N–H and O–H groups in total. The summed E-state index contributed by atoms with van der Waals surface area (Å²) >= 11 is 0. The Kier molecular flexibility index (Phi) is 3.66. The van der Waals surface area contributed by atoms with Crippen molar-refractivity contribution in [3.8, 4) is 0 Å². The lowest BCUT2D eigenvalue weighted by Gasteiger charge is -2.06. The van der Waals surface area contributed by atoms with Gasteiger partial charge in [-0.3, -0.25) is 4.79 Å². The molecule has 0 unspecified atom stereocenters. The fourth-order valence-corrected chi connectivity index (χ4v) is 2.67. The van der Waals surface area contributed by atoms with E-state index in [0.29, 0.717) is 0 Å². The number of aromatic amines is 1. The number of hydrogen-bond donors (Lipinski definition) is 1. The van der Waals surface area contributed by atoms with E-state index in [1.165, 1.54) is 16.5 Å². The van der Waals surface area contributed by atoms with Crippen LogP contribution in [0, 0.1) is 0 Å². The van der Waals surface area contributed by atoms with Gasteiger partial charge in [0, 0.05) is 17.9 Å². The van der Waals surface area contributed by atoms with E-state index in [9.17, 15) is 4.79 Å². The van der Waals surface area contributed by atoms with Crippen LogP contribution in [0.3, 0.4) is 0 Å². The quantitative estimate of drug-likeness (QED) is 0.762. The van der Waals surface area contributed by atoms with Crippen molar-refractivity contribution in [3.63, 3.8) is 0 Å².